The van der Waals surface area contributed by atoms with E-state index in [9.17, 15) is 19.2 Å². The third-order valence-corrected chi connectivity index (χ3v) is 5.40. The minimum absolute atomic E-state index is 0.0528. The Labute approximate surface area is 179 Å². The maximum absolute atomic E-state index is 12.9. The number of nitrogens with two attached hydrogens (primary N) is 1. The van der Waals surface area contributed by atoms with Gasteiger partial charge in [0.25, 0.3) is 0 Å². The van der Waals surface area contributed by atoms with Gasteiger partial charge in [-0.15, -0.1) is 0 Å². The zero-order chi connectivity index (χ0) is 22.6. The molecule has 0 saturated carbocycles. The highest BCUT2D eigenvalue weighted by Gasteiger charge is 2.31. The Bertz CT molecular complexity index is 560. The molecule has 2 unspecified atom stereocenters. The van der Waals surface area contributed by atoms with E-state index in [1.807, 2.05) is 0 Å². The number of rotatable bonds is 13. The third kappa shape index (κ3) is 13.3. The second-order valence-electron chi connectivity index (χ2n) is 8.35. The van der Waals surface area contributed by atoms with Gasteiger partial charge < -0.3 is 15.8 Å². The quantitative estimate of drug-likeness (QED) is 0.433. The number of thioether (sulfide) groups is 1. The van der Waals surface area contributed by atoms with Gasteiger partial charge in [-0.1, -0.05) is 51.3 Å². The lowest BCUT2D eigenvalue weighted by molar-refractivity contribution is -0.158. The lowest BCUT2D eigenvalue weighted by Crippen LogP contribution is -2.47. The normalized spacial score (nSPS) is 14.6. The smallest absolute Gasteiger partial charge is 0.329 e. The second kappa shape index (κ2) is 13.6. The minimum atomic E-state index is -0.986. The Morgan fingerprint density at radius 2 is 1.72 bits per heavy atom. The summed E-state index contributed by atoms with van der Waals surface area (Å²) in [4.78, 5) is 48.3. The van der Waals surface area contributed by atoms with Crippen molar-refractivity contribution in [3.05, 3.63) is 0 Å². The highest BCUT2D eigenvalue weighted by Crippen LogP contribution is 2.26. The fraction of sp³-hybridized carbons (Fsp3) is 0.810. The number of esters is 1. The van der Waals surface area contributed by atoms with Crippen molar-refractivity contribution in [3.63, 3.8) is 0 Å². The van der Waals surface area contributed by atoms with E-state index in [4.69, 9.17) is 10.5 Å². The number of ether oxygens (including phenoxy) is 1. The number of primary amides is 1. The van der Waals surface area contributed by atoms with Crippen molar-refractivity contribution in [2.45, 2.75) is 103 Å². The second-order valence-corrected chi connectivity index (χ2v) is 9.73. The molecule has 3 N–H and O–H groups in total. The summed E-state index contributed by atoms with van der Waals surface area (Å²) >= 11 is 0.981. The molecule has 0 aromatic rings. The molecular formula is C21H38N2O5S. The molecule has 0 radical (unpaired) electrons. The van der Waals surface area contributed by atoms with E-state index in [0.29, 0.717) is 12.3 Å². The number of hydrogen-bond donors (Lipinski definition) is 2. The highest BCUT2D eigenvalue weighted by molar-refractivity contribution is 8.14. The van der Waals surface area contributed by atoms with E-state index >= 15 is 0 Å². The summed E-state index contributed by atoms with van der Waals surface area (Å²) in [5.74, 6) is -1.24. The molecule has 0 rings (SSSR count). The Morgan fingerprint density at radius 3 is 2.17 bits per heavy atom. The van der Waals surface area contributed by atoms with Crippen molar-refractivity contribution >= 4 is 34.7 Å². The minimum Gasteiger partial charge on any atom is -0.458 e. The summed E-state index contributed by atoms with van der Waals surface area (Å²) in [5, 5.41) is 1.95. The van der Waals surface area contributed by atoms with Crippen LogP contribution in [0.15, 0.2) is 0 Å². The fourth-order valence-electron chi connectivity index (χ4n) is 2.87. The number of carbonyl (C=O) groups excluding carboxylic acids is 4. The number of hydrogen-bond acceptors (Lipinski definition) is 6. The molecule has 0 aliphatic carbocycles. The van der Waals surface area contributed by atoms with Crippen LogP contribution in [0.2, 0.25) is 0 Å². The van der Waals surface area contributed by atoms with E-state index in [0.717, 1.165) is 37.4 Å². The maximum Gasteiger partial charge on any atom is 0.329 e. The molecular weight excluding hydrogens is 392 g/mol. The van der Waals surface area contributed by atoms with Gasteiger partial charge in [-0.3, -0.25) is 14.4 Å². The Kier molecular flexibility index (Phi) is 12.9. The molecule has 2 amide bonds. The van der Waals surface area contributed by atoms with Crippen LogP contribution in [0.3, 0.4) is 0 Å². The van der Waals surface area contributed by atoms with Gasteiger partial charge in [-0.05, 0) is 39.5 Å². The molecule has 3 atom stereocenters. The SMILES string of the molecule is CCCCC(CC)C[C@H](SC(C)=O)C(=O)NC(CCC(N)=O)C(=O)OC(C)(C)C. The fourth-order valence-corrected chi connectivity index (χ4v) is 3.81. The topological polar surface area (TPSA) is 116 Å². The Balaban J connectivity index is 5.32. The average molecular weight is 431 g/mol. The summed E-state index contributed by atoms with van der Waals surface area (Å²) in [6.45, 7) is 10.8. The zero-order valence-corrected chi connectivity index (χ0v) is 19.5. The lowest BCUT2D eigenvalue weighted by Gasteiger charge is -2.26. The molecule has 0 fully saturated rings. The summed E-state index contributed by atoms with van der Waals surface area (Å²) in [7, 11) is 0. The number of amides is 2. The van der Waals surface area contributed by atoms with Crippen LogP contribution in [0.5, 0.6) is 0 Å². The molecule has 0 bridgehead atoms. The van der Waals surface area contributed by atoms with E-state index in [-0.39, 0.29) is 23.9 Å². The maximum atomic E-state index is 12.9. The van der Waals surface area contributed by atoms with E-state index in [1.54, 1.807) is 20.8 Å². The van der Waals surface area contributed by atoms with Gasteiger partial charge in [0.15, 0.2) is 5.12 Å². The predicted octanol–water partition coefficient (Wildman–Crippen LogP) is 3.33. The van der Waals surface area contributed by atoms with Crippen LogP contribution in [0.4, 0.5) is 0 Å². The van der Waals surface area contributed by atoms with Gasteiger partial charge >= 0.3 is 5.97 Å². The molecule has 0 aromatic heterocycles. The standard InChI is InChI=1S/C21H38N2O5S/c1-7-9-10-15(8-2)13-17(29-14(3)24)19(26)23-16(11-12-18(22)25)20(27)28-21(4,5)6/h15-17H,7-13H2,1-6H3,(H2,22,25)(H,23,26)/t15?,16?,17-/m0/s1. The first-order valence-corrected chi connectivity index (χ1v) is 11.3. The number of unbranched alkanes of at least 4 members (excludes halogenated alkanes) is 1. The van der Waals surface area contributed by atoms with Gasteiger partial charge in [0.05, 0.1) is 5.25 Å². The number of nitrogens with one attached hydrogen (secondary N) is 1. The molecule has 0 aromatic carbocycles. The Morgan fingerprint density at radius 1 is 1.10 bits per heavy atom. The molecule has 0 aliphatic rings. The van der Waals surface area contributed by atoms with Crippen molar-refractivity contribution in [2.75, 3.05) is 0 Å². The molecule has 8 heteroatoms. The van der Waals surface area contributed by atoms with Gasteiger partial charge in [0.2, 0.25) is 11.8 Å². The van der Waals surface area contributed by atoms with Crippen LogP contribution in [0.25, 0.3) is 0 Å². The third-order valence-electron chi connectivity index (χ3n) is 4.38. The molecule has 0 aliphatic heterocycles. The van der Waals surface area contributed by atoms with Crippen LogP contribution < -0.4 is 11.1 Å². The largest absolute Gasteiger partial charge is 0.458 e. The van der Waals surface area contributed by atoms with Crippen molar-refractivity contribution in [1.29, 1.82) is 0 Å². The van der Waals surface area contributed by atoms with Crippen LogP contribution in [-0.4, -0.2) is 39.8 Å². The zero-order valence-electron chi connectivity index (χ0n) is 18.7. The highest BCUT2D eigenvalue weighted by atomic mass is 32.2. The van der Waals surface area contributed by atoms with Crippen LogP contribution >= 0.6 is 11.8 Å². The molecule has 29 heavy (non-hydrogen) atoms. The molecule has 0 saturated heterocycles. The monoisotopic (exact) mass is 430 g/mol. The summed E-state index contributed by atoms with van der Waals surface area (Å²) in [5.41, 5.74) is 4.47. The van der Waals surface area contributed by atoms with E-state index < -0.39 is 28.8 Å². The lowest BCUT2D eigenvalue weighted by atomic mass is 9.94. The van der Waals surface area contributed by atoms with Gasteiger partial charge in [-0.25, -0.2) is 4.79 Å². The van der Waals surface area contributed by atoms with Crippen LogP contribution in [0, 0.1) is 5.92 Å². The molecule has 168 valence electrons. The van der Waals surface area contributed by atoms with Crippen molar-refractivity contribution < 1.29 is 23.9 Å². The first kappa shape index (κ1) is 27.4. The first-order chi connectivity index (χ1) is 13.4. The van der Waals surface area contributed by atoms with E-state index in [2.05, 4.69) is 19.2 Å². The van der Waals surface area contributed by atoms with Gasteiger partial charge in [0, 0.05) is 13.3 Å². The number of carbonyl (C=O) groups is 4. The summed E-state index contributed by atoms with van der Waals surface area (Å²) < 4.78 is 5.37. The average Bonchev–Trinajstić information content (AvgIpc) is 2.58. The van der Waals surface area contributed by atoms with E-state index in [1.165, 1.54) is 6.92 Å². The summed E-state index contributed by atoms with van der Waals surface area (Å²) in [6, 6.07) is -0.986. The molecule has 0 spiro atoms. The van der Waals surface area contributed by atoms with Crippen LogP contribution in [-0.2, 0) is 23.9 Å². The molecule has 7 nitrogen and oxygen atoms in total. The summed E-state index contributed by atoms with van der Waals surface area (Å²) in [6.07, 6.45) is 4.61. The Hall–Kier alpha value is -1.57. The van der Waals surface area contributed by atoms with Crippen molar-refractivity contribution in [3.8, 4) is 0 Å². The van der Waals surface area contributed by atoms with Gasteiger partial charge in [-0.2, -0.15) is 0 Å². The predicted molar refractivity (Wildman–Crippen MR) is 116 cm³/mol. The molecule has 0 heterocycles. The van der Waals surface area contributed by atoms with Crippen LogP contribution in [0.1, 0.15) is 86.5 Å². The first-order valence-electron chi connectivity index (χ1n) is 10.4. The van der Waals surface area contributed by atoms with Gasteiger partial charge in [0.1, 0.15) is 11.6 Å². The van der Waals surface area contributed by atoms with Crippen molar-refractivity contribution in [2.24, 2.45) is 11.7 Å². The van der Waals surface area contributed by atoms with Crippen molar-refractivity contribution in [1.82, 2.24) is 5.32 Å².